The molecule has 1 aromatic heterocycles. The molecule has 1 fully saturated rings. The van der Waals surface area contributed by atoms with Crippen LogP contribution in [-0.4, -0.2) is 70.9 Å². The zero-order chi connectivity index (χ0) is 28.5. The number of aromatic amines is 1. The van der Waals surface area contributed by atoms with Crippen LogP contribution < -0.4 is 0 Å². The number of nitrogens with one attached hydrogen (secondary N) is 1. The number of piperazine rings is 1. The summed E-state index contributed by atoms with van der Waals surface area (Å²) in [7, 11) is 1.65. The normalized spacial score (nSPS) is 16.6. The van der Waals surface area contributed by atoms with E-state index in [4.69, 9.17) is 0 Å². The summed E-state index contributed by atoms with van der Waals surface area (Å²) in [5.41, 5.74) is -2.16. The molecule has 1 aliphatic rings. The molecule has 4 rings (SSSR count). The molecule has 1 aliphatic heterocycles. The van der Waals surface area contributed by atoms with Gasteiger partial charge >= 0.3 is 18.4 Å². The number of amides is 3. The lowest BCUT2D eigenvalue weighted by atomic mass is 9.99. The molecule has 39 heavy (non-hydrogen) atoms. The zero-order valence-corrected chi connectivity index (χ0v) is 21.4. The van der Waals surface area contributed by atoms with Crippen molar-refractivity contribution >= 4 is 22.8 Å². The average Bonchev–Trinajstić information content (AvgIpc) is 3.29. The molecule has 3 aromatic rings. The minimum atomic E-state index is -5.07. The fourth-order valence-corrected chi connectivity index (χ4v) is 4.94. The number of nitrogens with zero attached hydrogens (tertiary/aromatic N) is 3. The molecule has 1 saturated heterocycles. The lowest BCUT2D eigenvalue weighted by Gasteiger charge is -2.42. The maximum atomic E-state index is 13.5. The van der Waals surface area contributed by atoms with E-state index in [9.17, 15) is 35.9 Å². The van der Waals surface area contributed by atoms with Gasteiger partial charge in [0, 0.05) is 55.9 Å². The molecule has 210 valence electrons. The quantitative estimate of drug-likeness (QED) is 0.391. The SMILES string of the molecule is CCCN(C)C(=O)N1CCN(C(=O)c2cc(C(F)(F)F)cc(C(F)(F)F)c2)C(Cc2c[nH]c3ccccc23)C1. The van der Waals surface area contributed by atoms with Crippen molar-refractivity contribution in [1.82, 2.24) is 19.7 Å². The summed E-state index contributed by atoms with van der Waals surface area (Å²) in [6.45, 7) is 2.55. The Bertz CT molecular complexity index is 1320. The van der Waals surface area contributed by atoms with Crippen molar-refractivity contribution in [2.45, 2.75) is 38.2 Å². The van der Waals surface area contributed by atoms with Gasteiger partial charge in [0.1, 0.15) is 0 Å². The second-order valence-corrected chi connectivity index (χ2v) is 9.66. The van der Waals surface area contributed by atoms with Crippen LogP contribution in [0.4, 0.5) is 31.1 Å². The number of benzene rings is 2. The number of rotatable bonds is 5. The second-order valence-electron chi connectivity index (χ2n) is 9.66. The number of carbonyl (C=O) groups is 2. The van der Waals surface area contributed by atoms with Crippen LogP contribution in [0.3, 0.4) is 0 Å². The standard InChI is InChI=1S/C27H28F6N4O2/c1-3-8-35(2)25(39)36-9-10-37(21(16-36)13-18-15-34-23-7-5-4-6-22(18)23)24(38)17-11-19(26(28,29)30)14-20(12-17)27(31,32)33/h4-7,11-12,14-15,21,34H,3,8-10,13,16H2,1-2H3. The third-order valence-corrected chi connectivity index (χ3v) is 6.86. The summed E-state index contributed by atoms with van der Waals surface area (Å²) in [6.07, 6.45) is -7.43. The van der Waals surface area contributed by atoms with Crippen LogP contribution in [0.1, 0.15) is 40.4 Å². The van der Waals surface area contributed by atoms with Crippen molar-refractivity contribution in [2.24, 2.45) is 0 Å². The Morgan fingerprint density at radius 3 is 2.26 bits per heavy atom. The monoisotopic (exact) mass is 554 g/mol. The number of urea groups is 1. The van der Waals surface area contributed by atoms with E-state index in [1.54, 1.807) is 23.0 Å². The Labute approximate surface area is 221 Å². The van der Waals surface area contributed by atoms with Crippen LogP contribution in [0.15, 0.2) is 48.7 Å². The highest BCUT2D eigenvalue weighted by molar-refractivity contribution is 5.95. The predicted molar refractivity (Wildman–Crippen MR) is 133 cm³/mol. The number of halogens is 6. The highest BCUT2D eigenvalue weighted by atomic mass is 19.4. The third kappa shape index (κ3) is 6.15. The Morgan fingerprint density at radius 1 is 1.00 bits per heavy atom. The van der Waals surface area contributed by atoms with E-state index in [0.717, 1.165) is 22.9 Å². The smallest absolute Gasteiger partial charge is 0.361 e. The van der Waals surface area contributed by atoms with Gasteiger partial charge < -0.3 is 19.7 Å². The van der Waals surface area contributed by atoms with E-state index < -0.39 is 41.0 Å². The molecule has 0 spiro atoms. The summed E-state index contributed by atoms with van der Waals surface area (Å²) in [4.78, 5) is 34.1. The Balaban J connectivity index is 1.71. The topological polar surface area (TPSA) is 59.7 Å². The number of alkyl halides is 6. The minimum absolute atomic E-state index is 0.000371. The summed E-state index contributed by atoms with van der Waals surface area (Å²) in [6, 6.07) is 7.37. The molecule has 0 aliphatic carbocycles. The Kier molecular flexibility index (Phi) is 7.85. The number of carbonyl (C=O) groups excluding carboxylic acids is 2. The lowest BCUT2D eigenvalue weighted by molar-refractivity contribution is -0.143. The Hall–Kier alpha value is -3.70. The molecule has 1 unspecified atom stereocenters. The first kappa shape index (κ1) is 28.3. The molecule has 1 N–H and O–H groups in total. The van der Waals surface area contributed by atoms with Gasteiger partial charge in [-0.15, -0.1) is 0 Å². The first-order valence-electron chi connectivity index (χ1n) is 12.4. The molecule has 12 heteroatoms. The van der Waals surface area contributed by atoms with E-state index in [1.165, 1.54) is 4.90 Å². The number of fused-ring (bicyclic) bond motifs is 1. The van der Waals surface area contributed by atoms with E-state index in [2.05, 4.69) is 4.98 Å². The van der Waals surface area contributed by atoms with Crippen molar-refractivity contribution in [2.75, 3.05) is 33.2 Å². The number of hydrogen-bond acceptors (Lipinski definition) is 2. The van der Waals surface area contributed by atoms with Gasteiger partial charge in [0.15, 0.2) is 0 Å². The summed E-state index contributed by atoms with van der Waals surface area (Å²) < 4.78 is 80.7. The van der Waals surface area contributed by atoms with Crippen LogP contribution >= 0.6 is 0 Å². The van der Waals surface area contributed by atoms with Gasteiger partial charge in [0.2, 0.25) is 0 Å². The highest BCUT2D eigenvalue weighted by Gasteiger charge is 2.39. The van der Waals surface area contributed by atoms with Gasteiger partial charge in [0.25, 0.3) is 5.91 Å². The van der Waals surface area contributed by atoms with Crippen LogP contribution in [0.2, 0.25) is 0 Å². The molecule has 0 saturated carbocycles. The number of hydrogen-bond donors (Lipinski definition) is 1. The molecule has 3 amide bonds. The van der Waals surface area contributed by atoms with Crippen LogP contribution in [-0.2, 0) is 18.8 Å². The van der Waals surface area contributed by atoms with E-state index in [0.29, 0.717) is 18.7 Å². The fraction of sp³-hybridized carbons (Fsp3) is 0.407. The molecular formula is C27H28F6N4O2. The molecule has 6 nitrogen and oxygen atoms in total. The minimum Gasteiger partial charge on any atom is -0.361 e. The number of para-hydroxylation sites is 1. The highest BCUT2D eigenvalue weighted by Crippen LogP contribution is 2.37. The van der Waals surface area contributed by atoms with E-state index in [-0.39, 0.29) is 38.2 Å². The van der Waals surface area contributed by atoms with Crippen molar-refractivity contribution in [3.63, 3.8) is 0 Å². The molecular weight excluding hydrogens is 526 g/mol. The fourth-order valence-electron chi connectivity index (χ4n) is 4.94. The third-order valence-electron chi connectivity index (χ3n) is 6.86. The molecule has 1 atom stereocenters. The lowest BCUT2D eigenvalue weighted by Crippen LogP contribution is -2.59. The van der Waals surface area contributed by atoms with Crippen LogP contribution in [0.25, 0.3) is 10.9 Å². The van der Waals surface area contributed by atoms with E-state index in [1.807, 2.05) is 31.2 Å². The first-order chi connectivity index (χ1) is 18.3. The molecule has 2 heterocycles. The Morgan fingerprint density at radius 2 is 1.64 bits per heavy atom. The van der Waals surface area contributed by atoms with Crippen molar-refractivity contribution in [3.8, 4) is 0 Å². The van der Waals surface area contributed by atoms with Crippen molar-refractivity contribution in [3.05, 3.63) is 70.9 Å². The number of aromatic nitrogens is 1. The van der Waals surface area contributed by atoms with Gasteiger partial charge in [-0.3, -0.25) is 4.79 Å². The van der Waals surface area contributed by atoms with Crippen molar-refractivity contribution < 1.29 is 35.9 Å². The summed E-state index contributed by atoms with van der Waals surface area (Å²) in [5.74, 6) is -0.953. The van der Waals surface area contributed by atoms with Crippen molar-refractivity contribution in [1.29, 1.82) is 0 Å². The second kappa shape index (κ2) is 10.8. The van der Waals surface area contributed by atoms with Gasteiger partial charge in [-0.2, -0.15) is 26.3 Å². The molecule has 0 radical (unpaired) electrons. The summed E-state index contributed by atoms with van der Waals surface area (Å²) >= 11 is 0. The number of H-pyrrole nitrogens is 1. The molecule has 2 aromatic carbocycles. The maximum absolute atomic E-state index is 13.5. The maximum Gasteiger partial charge on any atom is 0.416 e. The van der Waals surface area contributed by atoms with Gasteiger partial charge in [-0.05, 0) is 42.7 Å². The summed E-state index contributed by atoms with van der Waals surface area (Å²) in [5, 5.41) is 0.870. The largest absolute Gasteiger partial charge is 0.416 e. The van der Waals surface area contributed by atoms with Crippen LogP contribution in [0, 0.1) is 0 Å². The average molecular weight is 555 g/mol. The molecule has 0 bridgehead atoms. The zero-order valence-electron chi connectivity index (χ0n) is 21.4. The van der Waals surface area contributed by atoms with Gasteiger partial charge in [-0.1, -0.05) is 25.1 Å². The first-order valence-corrected chi connectivity index (χ1v) is 12.4. The van der Waals surface area contributed by atoms with Gasteiger partial charge in [-0.25, -0.2) is 4.79 Å². The predicted octanol–water partition coefficient (Wildman–Crippen LogP) is 6.04. The van der Waals surface area contributed by atoms with Gasteiger partial charge in [0.05, 0.1) is 17.2 Å². The van der Waals surface area contributed by atoms with Crippen LogP contribution in [0.5, 0.6) is 0 Å². The van der Waals surface area contributed by atoms with E-state index >= 15 is 0 Å².